The number of aryl methyl sites for hydroxylation is 1. The summed E-state index contributed by atoms with van der Waals surface area (Å²) in [4.78, 5) is 4.86. The Morgan fingerprint density at radius 1 is 1.21 bits per heavy atom. The molecule has 1 heterocycles. The van der Waals surface area contributed by atoms with Gasteiger partial charge in [0.15, 0.2) is 17.5 Å². The molecule has 2 rings (SSSR count). The van der Waals surface area contributed by atoms with Crippen LogP contribution in [0.3, 0.4) is 0 Å². The molecule has 2 aromatic rings. The van der Waals surface area contributed by atoms with Crippen LogP contribution in [0, 0.1) is 18.6 Å². The van der Waals surface area contributed by atoms with Gasteiger partial charge < -0.3 is 5.32 Å². The average Bonchev–Trinajstić information content (AvgIpc) is 2.35. The van der Waals surface area contributed by atoms with Crippen LogP contribution in [-0.2, 0) is 0 Å². The van der Waals surface area contributed by atoms with E-state index in [1.54, 1.807) is 0 Å². The normalized spacial score (nSPS) is 10.5. The highest BCUT2D eigenvalue weighted by Gasteiger charge is 2.12. The SMILES string of the molecule is CCNc1nc(Sc2cccc(C)c2)c(F)cc1F. The summed E-state index contributed by atoms with van der Waals surface area (Å²) >= 11 is 1.18. The minimum absolute atomic E-state index is 0.0825. The highest BCUT2D eigenvalue weighted by molar-refractivity contribution is 7.99. The van der Waals surface area contributed by atoms with E-state index in [9.17, 15) is 8.78 Å². The van der Waals surface area contributed by atoms with Gasteiger partial charge >= 0.3 is 0 Å². The van der Waals surface area contributed by atoms with Crippen molar-refractivity contribution in [2.75, 3.05) is 11.9 Å². The Labute approximate surface area is 115 Å². The lowest BCUT2D eigenvalue weighted by Gasteiger charge is -2.08. The molecule has 0 aliphatic rings. The van der Waals surface area contributed by atoms with Crippen LogP contribution >= 0.6 is 11.8 Å². The van der Waals surface area contributed by atoms with E-state index in [-0.39, 0.29) is 10.8 Å². The first kappa shape index (κ1) is 13.8. The molecule has 0 saturated carbocycles. The van der Waals surface area contributed by atoms with E-state index in [2.05, 4.69) is 10.3 Å². The lowest BCUT2D eigenvalue weighted by atomic mass is 10.2. The number of halogens is 2. The number of hydrogen-bond donors (Lipinski definition) is 1. The van der Waals surface area contributed by atoms with Crippen LogP contribution in [-0.4, -0.2) is 11.5 Å². The van der Waals surface area contributed by atoms with Crippen LogP contribution in [0.25, 0.3) is 0 Å². The second kappa shape index (κ2) is 6.02. The fourth-order valence-electron chi connectivity index (χ4n) is 1.60. The third-order valence-corrected chi connectivity index (χ3v) is 3.41. The van der Waals surface area contributed by atoms with Crippen LogP contribution in [0.2, 0.25) is 0 Å². The maximum Gasteiger partial charge on any atom is 0.168 e. The molecular weight excluding hydrogens is 266 g/mol. The van der Waals surface area contributed by atoms with Crippen LogP contribution in [0.5, 0.6) is 0 Å². The maximum atomic E-state index is 13.7. The number of nitrogens with zero attached hydrogens (tertiary/aromatic N) is 1. The number of hydrogen-bond acceptors (Lipinski definition) is 3. The largest absolute Gasteiger partial charge is 0.368 e. The number of benzene rings is 1. The van der Waals surface area contributed by atoms with Crippen molar-refractivity contribution >= 4 is 17.6 Å². The van der Waals surface area contributed by atoms with Gasteiger partial charge in [0.25, 0.3) is 0 Å². The number of anilines is 1. The van der Waals surface area contributed by atoms with Crippen molar-refractivity contribution in [2.24, 2.45) is 0 Å². The molecular formula is C14H14F2N2S. The van der Waals surface area contributed by atoms with E-state index in [1.807, 2.05) is 38.1 Å². The van der Waals surface area contributed by atoms with Gasteiger partial charge in [-0.3, -0.25) is 0 Å². The van der Waals surface area contributed by atoms with Crippen LogP contribution in [0.4, 0.5) is 14.6 Å². The molecule has 0 unspecified atom stereocenters. The predicted molar refractivity (Wildman–Crippen MR) is 73.6 cm³/mol. The zero-order valence-electron chi connectivity index (χ0n) is 10.7. The number of aromatic nitrogens is 1. The van der Waals surface area contributed by atoms with E-state index in [0.29, 0.717) is 6.54 Å². The molecule has 1 aromatic carbocycles. The first-order valence-corrected chi connectivity index (χ1v) is 6.76. The molecule has 0 atom stereocenters. The van der Waals surface area contributed by atoms with Crippen molar-refractivity contribution in [1.82, 2.24) is 4.98 Å². The first-order valence-electron chi connectivity index (χ1n) is 5.94. The first-order chi connectivity index (χ1) is 9.10. The number of pyridine rings is 1. The molecule has 0 amide bonds. The summed E-state index contributed by atoms with van der Waals surface area (Å²) in [6, 6.07) is 8.52. The van der Waals surface area contributed by atoms with Gasteiger partial charge in [0.1, 0.15) is 5.03 Å². The minimum atomic E-state index is -0.673. The number of rotatable bonds is 4. The van der Waals surface area contributed by atoms with Crippen LogP contribution < -0.4 is 5.32 Å². The molecule has 0 spiro atoms. The van der Waals surface area contributed by atoms with Gasteiger partial charge in [0, 0.05) is 17.5 Å². The minimum Gasteiger partial charge on any atom is -0.368 e. The fraction of sp³-hybridized carbons (Fsp3) is 0.214. The van der Waals surface area contributed by atoms with Gasteiger partial charge in [0.2, 0.25) is 0 Å². The van der Waals surface area contributed by atoms with E-state index in [1.165, 1.54) is 11.8 Å². The topological polar surface area (TPSA) is 24.9 Å². The van der Waals surface area contributed by atoms with Crippen molar-refractivity contribution in [3.63, 3.8) is 0 Å². The predicted octanol–water partition coefficient (Wildman–Crippen LogP) is 4.25. The van der Waals surface area contributed by atoms with E-state index >= 15 is 0 Å². The molecule has 0 saturated heterocycles. The second-order valence-electron chi connectivity index (χ2n) is 4.05. The quantitative estimate of drug-likeness (QED) is 0.906. The summed E-state index contributed by atoms with van der Waals surface area (Å²) in [5.74, 6) is -1.24. The zero-order chi connectivity index (χ0) is 13.8. The Morgan fingerprint density at radius 3 is 2.68 bits per heavy atom. The summed E-state index contributed by atoms with van der Waals surface area (Å²) in [5.41, 5.74) is 1.08. The Morgan fingerprint density at radius 2 is 2.00 bits per heavy atom. The molecule has 0 radical (unpaired) electrons. The Bertz CT molecular complexity index is 588. The van der Waals surface area contributed by atoms with Gasteiger partial charge in [-0.15, -0.1) is 0 Å². The lowest BCUT2D eigenvalue weighted by molar-refractivity contribution is 0.551. The van der Waals surface area contributed by atoms with Gasteiger partial charge in [-0.05, 0) is 26.0 Å². The smallest absolute Gasteiger partial charge is 0.168 e. The molecule has 2 nitrogen and oxygen atoms in total. The van der Waals surface area contributed by atoms with Crippen LogP contribution in [0.15, 0.2) is 40.3 Å². The molecule has 0 fully saturated rings. The van der Waals surface area contributed by atoms with Crippen molar-refractivity contribution in [3.8, 4) is 0 Å². The summed E-state index contributed by atoms with van der Waals surface area (Å²) in [6.45, 7) is 4.32. The third-order valence-electron chi connectivity index (χ3n) is 2.45. The summed E-state index contributed by atoms with van der Waals surface area (Å²) in [7, 11) is 0. The highest BCUT2D eigenvalue weighted by Crippen LogP contribution is 2.30. The van der Waals surface area contributed by atoms with Crippen molar-refractivity contribution in [1.29, 1.82) is 0 Å². The summed E-state index contributed by atoms with van der Waals surface area (Å²) in [6.07, 6.45) is 0. The van der Waals surface area contributed by atoms with Crippen LogP contribution in [0.1, 0.15) is 12.5 Å². The van der Waals surface area contributed by atoms with Gasteiger partial charge in [0.05, 0.1) is 0 Å². The Balaban J connectivity index is 2.31. The summed E-state index contributed by atoms with van der Waals surface area (Å²) < 4.78 is 27.2. The van der Waals surface area contributed by atoms with Gasteiger partial charge in [-0.25, -0.2) is 13.8 Å². The molecule has 1 aromatic heterocycles. The second-order valence-corrected chi connectivity index (χ2v) is 5.12. The molecule has 0 bridgehead atoms. The zero-order valence-corrected chi connectivity index (χ0v) is 11.5. The van der Waals surface area contributed by atoms with Crippen molar-refractivity contribution in [3.05, 3.63) is 47.5 Å². The summed E-state index contributed by atoms with van der Waals surface area (Å²) in [5, 5.41) is 2.94. The Hall–Kier alpha value is -1.62. The average molecular weight is 280 g/mol. The van der Waals surface area contributed by atoms with E-state index < -0.39 is 11.6 Å². The van der Waals surface area contributed by atoms with E-state index in [0.717, 1.165) is 16.5 Å². The molecule has 0 aliphatic heterocycles. The van der Waals surface area contributed by atoms with E-state index in [4.69, 9.17) is 0 Å². The highest BCUT2D eigenvalue weighted by atomic mass is 32.2. The lowest BCUT2D eigenvalue weighted by Crippen LogP contribution is -2.04. The van der Waals surface area contributed by atoms with Crippen molar-refractivity contribution < 1.29 is 8.78 Å². The third kappa shape index (κ3) is 3.44. The Kier molecular flexibility index (Phi) is 4.37. The molecule has 100 valence electrons. The number of nitrogens with one attached hydrogen (secondary N) is 1. The molecule has 5 heteroatoms. The fourth-order valence-corrected chi connectivity index (χ4v) is 2.51. The molecule has 1 N–H and O–H groups in total. The maximum absolute atomic E-state index is 13.7. The molecule has 19 heavy (non-hydrogen) atoms. The van der Waals surface area contributed by atoms with Gasteiger partial charge in [-0.1, -0.05) is 29.5 Å². The van der Waals surface area contributed by atoms with Crippen molar-refractivity contribution in [2.45, 2.75) is 23.8 Å². The monoisotopic (exact) mass is 280 g/mol. The van der Waals surface area contributed by atoms with Gasteiger partial charge in [-0.2, -0.15) is 0 Å². The molecule has 0 aliphatic carbocycles. The standard InChI is InChI=1S/C14H14F2N2S/c1-3-17-13-11(15)8-12(16)14(18-13)19-10-6-4-5-9(2)7-10/h4-8H,3H2,1-2H3,(H,17,18).